The van der Waals surface area contributed by atoms with Crippen LogP contribution in [0.25, 0.3) is 0 Å². The topological polar surface area (TPSA) is 84.9 Å². The van der Waals surface area contributed by atoms with Crippen molar-refractivity contribution in [3.05, 3.63) is 48.6 Å². The van der Waals surface area contributed by atoms with E-state index in [2.05, 4.69) is 11.9 Å². The molecule has 0 unspecified atom stereocenters. The monoisotopic (exact) mass is 293 g/mol. The van der Waals surface area contributed by atoms with E-state index in [9.17, 15) is 9.59 Å². The Bertz CT molecular complexity index is 460. The molecule has 1 aromatic carbocycles. The van der Waals surface area contributed by atoms with Crippen LogP contribution in [0.15, 0.2) is 43.0 Å². The normalized spacial score (nSPS) is 11.4. The molecule has 0 spiro atoms. The molecule has 114 valence electrons. The van der Waals surface area contributed by atoms with Gasteiger partial charge in [-0.2, -0.15) is 0 Å². The first-order valence-electron chi connectivity index (χ1n) is 6.49. The summed E-state index contributed by atoms with van der Waals surface area (Å²) >= 11 is 0. The van der Waals surface area contributed by atoms with Gasteiger partial charge in [0.05, 0.1) is 25.7 Å². The number of alkyl carbamates (subject to hydrolysis) is 1. The molecule has 0 aliphatic carbocycles. The fraction of sp³-hybridized carbons (Fsp3) is 0.333. The Kier molecular flexibility index (Phi) is 7.60. The standard InChI is InChI=1S/C15H19NO5/c1-2-8-21-15(19)16-13(9-14(17)18)11-20-10-12-6-4-3-5-7-12/h2-7,13H,1,8-11H2,(H,16,19)(H,17,18)/t13-/m0/s1. The molecule has 0 aromatic heterocycles. The molecule has 1 atom stereocenters. The van der Waals surface area contributed by atoms with Crippen LogP contribution in [-0.4, -0.2) is 36.4 Å². The first-order valence-corrected chi connectivity index (χ1v) is 6.49. The number of benzene rings is 1. The second-order valence-corrected chi connectivity index (χ2v) is 4.33. The molecule has 0 heterocycles. The maximum absolute atomic E-state index is 11.4. The summed E-state index contributed by atoms with van der Waals surface area (Å²) in [6.45, 7) is 3.92. The van der Waals surface area contributed by atoms with E-state index in [4.69, 9.17) is 14.6 Å². The molecule has 0 fully saturated rings. The van der Waals surface area contributed by atoms with Gasteiger partial charge < -0.3 is 19.9 Å². The number of ether oxygens (including phenoxy) is 2. The molecule has 0 aliphatic rings. The number of carboxylic acids is 1. The average Bonchev–Trinajstić information content (AvgIpc) is 2.45. The van der Waals surface area contributed by atoms with Gasteiger partial charge in [-0.25, -0.2) is 4.79 Å². The Labute approximate surface area is 123 Å². The SMILES string of the molecule is C=CCOC(=O)N[C@H](COCc1ccccc1)CC(=O)O. The summed E-state index contributed by atoms with van der Waals surface area (Å²) < 4.78 is 10.2. The van der Waals surface area contributed by atoms with Gasteiger partial charge in [0.15, 0.2) is 0 Å². The minimum Gasteiger partial charge on any atom is -0.481 e. The van der Waals surface area contributed by atoms with Gasteiger partial charge in [0.1, 0.15) is 6.61 Å². The highest BCUT2D eigenvalue weighted by atomic mass is 16.5. The summed E-state index contributed by atoms with van der Waals surface area (Å²) in [7, 11) is 0. The van der Waals surface area contributed by atoms with E-state index in [1.807, 2.05) is 30.3 Å². The molecule has 6 nitrogen and oxygen atoms in total. The second-order valence-electron chi connectivity index (χ2n) is 4.33. The predicted molar refractivity (Wildman–Crippen MR) is 76.8 cm³/mol. The van der Waals surface area contributed by atoms with Crippen molar-refractivity contribution >= 4 is 12.1 Å². The molecule has 6 heteroatoms. The van der Waals surface area contributed by atoms with Crippen LogP contribution in [0.3, 0.4) is 0 Å². The molecule has 0 saturated carbocycles. The zero-order chi connectivity index (χ0) is 15.5. The van der Waals surface area contributed by atoms with Crippen LogP contribution in [0.2, 0.25) is 0 Å². The van der Waals surface area contributed by atoms with Gasteiger partial charge in [0, 0.05) is 0 Å². The lowest BCUT2D eigenvalue weighted by Gasteiger charge is -2.16. The van der Waals surface area contributed by atoms with E-state index in [1.165, 1.54) is 6.08 Å². The van der Waals surface area contributed by atoms with Crippen molar-refractivity contribution in [2.75, 3.05) is 13.2 Å². The Morgan fingerprint density at radius 2 is 2.05 bits per heavy atom. The molecule has 0 radical (unpaired) electrons. The van der Waals surface area contributed by atoms with E-state index >= 15 is 0 Å². The Morgan fingerprint density at radius 1 is 1.33 bits per heavy atom. The minimum absolute atomic E-state index is 0.0660. The smallest absolute Gasteiger partial charge is 0.407 e. The number of hydrogen-bond acceptors (Lipinski definition) is 4. The lowest BCUT2D eigenvalue weighted by molar-refractivity contribution is -0.137. The summed E-state index contributed by atoms with van der Waals surface area (Å²) in [6.07, 6.45) is 0.500. The van der Waals surface area contributed by atoms with E-state index in [0.717, 1.165) is 5.56 Å². The second kappa shape index (κ2) is 9.55. The van der Waals surface area contributed by atoms with Crippen molar-refractivity contribution in [3.63, 3.8) is 0 Å². The van der Waals surface area contributed by atoms with Crippen molar-refractivity contribution < 1.29 is 24.2 Å². The maximum atomic E-state index is 11.4. The Morgan fingerprint density at radius 3 is 2.67 bits per heavy atom. The summed E-state index contributed by atoms with van der Waals surface area (Å²) in [5.74, 6) is -1.02. The first-order chi connectivity index (χ1) is 10.1. The van der Waals surface area contributed by atoms with Gasteiger partial charge in [0.25, 0.3) is 0 Å². The van der Waals surface area contributed by atoms with E-state index in [-0.39, 0.29) is 19.6 Å². The number of nitrogens with one attached hydrogen (secondary N) is 1. The fourth-order valence-corrected chi connectivity index (χ4v) is 1.60. The third-order valence-corrected chi connectivity index (χ3v) is 2.51. The third kappa shape index (κ3) is 7.74. The van der Waals surface area contributed by atoms with E-state index < -0.39 is 18.1 Å². The van der Waals surface area contributed by atoms with E-state index in [1.54, 1.807) is 0 Å². The van der Waals surface area contributed by atoms with E-state index in [0.29, 0.717) is 6.61 Å². The van der Waals surface area contributed by atoms with Crippen LogP contribution in [0.5, 0.6) is 0 Å². The van der Waals surface area contributed by atoms with Crippen molar-refractivity contribution in [1.82, 2.24) is 5.32 Å². The lowest BCUT2D eigenvalue weighted by atomic mass is 10.2. The van der Waals surface area contributed by atoms with Crippen molar-refractivity contribution in [3.8, 4) is 0 Å². The van der Waals surface area contributed by atoms with Gasteiger partial charge in [-0.05, 0) is 5.56 Å². The fourth-order valence-electron chi connectivity index (χ4n) is 1.60. The number of rotatable bonds is 9. The number of amides is 1. The van der Waals surface area contributed by atoms with Gasteiger partial charge in [-0.3, -0.25) is 4.79 Å². The highest BCUT2D eigenvalue weighted by molar-refractivity contribution is 5.71. The highest BCUT2D eigenvalue weighted by Crippen LogP contribution is 2.02. The Hall–Kier alpha value is -2.34. The number of carboxylic acid groups (broad SMARTS) is 1. The summed E-state index contributed by atoms with van der Waals surface area (Å²) in [5.41, 5.74) is 0.973. The molecule has 1 amide bonds. The number of hydrogen-bond donors (Lipinski definition) is 2. The Balaban J connectivity index is 2.40. The quantitative estimate of drug-likeness (QED) is 0.680. The zero-order valence-electron chi connectivity index (χ0n) is 11.7. The van der Waals surface area contributed by atoms with Crippen molar-refractivity contribution in [2.24, 2.45) is 0 Å². The van der Waals surface area contributed by atoms with Crippen LogP contribution < -0.4 is 5.32 Å². The number of carbonyl (C=O) groups is 2. The maximum Gasteiger partial charge on any atom is 0.407 e. The molecule has 1 aromatic rings. The molecule has 21 heavy (non-hydrogen) atoms. The summed E-state index contributed by atoms with van der Waals surface area (Å²) in [6, 6.07) is 8.82. The van der Waals surface area contributed by atoms with Gasteiger partial charge >= 0.3 is 12.1 Å². The van der Waals surface area contributed by atoms with Gasteiger partial charge in [0.2, 0.25) is 0 Å². The number of aliphatic carboxylic acids is 1. The molecule has 0 saturated heterocycles. The van der Waals surface area contributed by atoms with Crippen LogP contribution in [0.1, 0.15) is 12.0 Å². The molecule has 0 aliphatic heterocycles. The minimum atomic E-state index is -1.02. The van der Waals surface area contributed by atoms with Gasteiger partial charge in [-0.1, -0.05) is 43.0 Å². The average molecular weight is 293 g/mol. The highest BCUT2D eigenvalue weighted by Gasteiger charge is 2.16. The van der Waals surface area contributed by atoms with Crippen LogP contribution in [0.4, 0.5) is 4.79 Å². The molecular weight excluding hydrogens is 274 g/mol. The van der Waals surface area contributed by atoms with Crippen LogP contribution >= 0.6 is 0 Å². The predicted octanol–water partition coefficient (Wildman–Crippen LogP) is 1.96. The van der Waals surface area contributed by atoms with Crippen LogP contribution in [-0.2, 0) is 20.9 Å². The van der Waals surface area contributed by atoms with Crippen LogP contribution in [0, 0.1) is 0 Å². The lowest BCUT2D eigenvalue weighted by Crippen LogP contribution is -2.40. The van der Waals surface area contributed by atoms with Crippen molar-refractivity contribution in [1.29, 1.82) is 0 Å². The molecule has 2 N–H and O–H groups in total. The largest absolute Gasteiger partial charge is 0.481 e. The van der Waals surface area contributed by atoms with Gasteiger partial charge in [-0.15, -0.1) is 0 Å². The third-order valence-electron chi connectivity index (χ3n) is 2.51. The van der Waals surface area contributed by atoms with Crippen molar-refractivity contribution in [2.45, 2.75) is 19.1 Å². The summed E-state index contributed by atoms with van der Waals surface area (Å²) in [4.78, 5) is 22.2. The number of carbonyl (C=O) groups excluding carboxylic acids is 1. The summed E-state index contributed by atoms with van der Waals surface area (Å²) in [5, 5.41) is 11.3. The zero-order valence-corrected chi connectivity index (χ0v) is 11.7. The first kappa shape index (κ1) is 16.7. The molecular formula is C15H19NO5. The molecule has 0 bridgehead atoms. The molecule has 1 rings (SSSR count).